The van der Waals surface area contributed by atoms with Crippen molar-refractivity contribution >= 4 is 0 Å². The second-order valence-electron chi connectivity index (χ2n) is 6.20. The Morgan fingerprint density at radius 2 is 1.89 bits per heavy atom. The van der Waals surface area contributed by atoms with Crippen LogP contribution in [0.15, 0.2) is 18.2 Å². The summed E-state index contributed by atoms with van der Waals surface area (Å²) >= 11 is 0. The Hall–Kier alpha value is -0.860. The third kappa shape index (κ3) is 5.75. The second-order valence-corrected chi connectivity index (χ2v) is 6.20. The molecule has 1 aromatic carbocycles. The van der Waals surface area contributed by atoms with Gasteiger partial charge in [0.05, 0.1) is 0 Å². The van der Waals surface area contributed by atoms with Gasteiger partial charge < -0.3 is 10.6 Å². The third-order valence-corrected chi connectivity index (χ3v) is 3.68. The van der Waals surface area contributed by atoms with Crippen molar-refractivity contribution in [1.29, 1.82) is 0 Å². The van der Waals surface area contributed by atoms with Gasteiger partial charge in [-0.1, -0.05) is 32.0 Å². The molecule has 0 aromatic heterocycles. The van der Waals surface area contributed by atoms with Crippen molar-refractivity contribution in [2.75, 3.05) is 13.6 Å². The van der Waals surface area contributed by atoms with Crippen molar-refractivity contribution in [3.05, 3.63) is 34.9 Å². The summed E-state index contributed by atoms with van der Waals surface area (Å²) in [5, 5.41) is 0. The van der Waals surface area contributed by atoms with Gasteiger partial charge in [-0.3, -0.25) is 0 Å². The van der Waals surface area contributed by atoms with E-state index in [4.69, 9.17) is 5.73 Å². The Balaban J connectivity index is 2.57. The Kier molecular flexibility index (Phi) is 6.53. The molecule has 0 aliphatic rings. The molecule has 1 rings (SSSR count). The van der Waals surface area contributed by atoms with Gasteiger partial charge in [-0.05, 0) is 62.9 Å². The molecule has 0 spiro atoms. The van der Waals surface area contributed by atoms with Crippen LogP contribution in [0, 0.1) is 6.92 Å². The van der Waals surface area contributed by atoms with Gasteiger partial charge in [0.25, 0.3) is 0 Å². The van der Waals surface area contributed by atoms with Gasteiger partial charge in [-0.2, -0.15) is 0 Å². The molecule has 0 bridgehead atoms. The highest BCUT2D eigenvalue weighted by Crippen LogP contribution is 2.19. The van der Waals surface area contributed by atoms with E-state index in [2.05, 4.69) is 57.8 Å². The number of hydrogen-bond acceptors (Lipinski definition) is 2. The van der Waals surface area contributed by atoms with Crippen LogP contribution < -0.4 is 5.73 Å². The minimum atomic E-state index is 0.319. The number of hydrogen-bond donors (Lipinski definition) is 1. The van der Waals surface area contributed by atoms with Crippen LogP contribution in [0.4, 0.5) is 0 Å². The van der Waals surface area contributed by atoms with E-state index in [1.807, 2.05) is 0 Å². The summed E-state index contributed by atoms with van der Waals surface area (Å²) in [5.41, 5.74) is 10.1. The molecule has 19 heavy (non-hydrogen) atoms. The maximum atomic E-state index is 5.79. The number of nitrogens with two attached hydrogens (primary N) is 1. The molecule has 0 amide bonds. The minimum absolute atomic E-state index is 0.319. The zero-order chi connectivity index (χ0) is 14.4. The Bertz CT molecular complexity index is 383. The van der Waals surface area contributed by atoms with Crippen LogP contribution in [0.3, 0.4) is 0 Å². The summed E-state index contributed by atoms with van der Waals surface area (Å²) in [6.07, 6.45) is 2.28. The summed E-state index contributed by atoms with van der Waals surface area (Å²) in [4.78, 5) is 2.40. The smallest absolute Gasteiger partial charge is 0.0233 e. The summed E-state index contributed by atoms with van der Waals surface area (Å²) in [5.74, 6) is 0.600. The number of rotatable bonds is 7. The van der Waals surface area contributed by atoms with Gasteiger partial charge in [0.2, 0.25) is 0 Å². The van der Waals surface area contributed by atoms with Crippen LogP contribution >= 0.6 is 0 Å². The van der Waals surface area contributed by atoms with Crippen molar-refractivity contribution < 1.29 is 0 Å². The van der Waals surface area contributed by atoms with E-state index < -0.39 is 0 Å². The Morgan fingerprint density at radius 1 is 1.21 bits per heavy atom. The lowest BCUT2D eigenvalue weighted by Gasteiger charge is -2.19. The summed E-state index contributed by atoms with van der Waals surface area (Å²) < 4.78 is 0. The van der Waals surface area contributed by atoms with Gasteiger partial charge in [0, 0.05) is 12.6 Å². The summed E-state index contributed by atoms with van der Waals surface area (Å²) in [7, 11) is 2.20. The maximum Gasteiger partial charge on any atom is 0.0233 e. The average Bonchev–Trinajstić information content (AvgIpc) is 2.31. The summed E-state index contributed by atoms with van der Waals surface area (Å²) in [6, 6.07) is 7.18. The number of nitrogens with zero attached hydrogens (tertiary/aromatic N) is 1. The van der Waals surface area contributed by atoms with Gasteiger partial charge in [0.1, 0.15) is 0 Å². The molecule has 1 unspecified atom stereocenters. The largest absolute Gasteiger partial charge is 0.328 e. The lowest BCUT2D eigenvalue weighted by Crippen LogP contribution is -2.22. The fourth-order valence-electron chi connectivity index (χ4n) is 2.27. The first kappa shape index (κ1) is 16.2. The fourth-order valence-corrected chi connectivity index (χ4v) is 2.27. The van der Waals surface area contributed by atoms with Crippen molar-refractivity contribution in [3.8, 4) is 0 Å². The van der Waals surface area contributed by atoms with Crippen LogP contribution in [0.25, 0.3) is 0 Å². The van der Waals surface area contributed by atoms with Crippen molar-refractivity contribution in [1.82, 2.24) is 4.90 Å². The highest BCUT2D eigenvalue weighted by molar-refractivity contribution is 5.32. The van der Waals surface area contributed by atoms with Crippen molar-refractivity contribution in [2.24, 2.45) is 5.73 Å². The van der Waals surface area contributed by atoms with E-state index in [0.717, 1.165) is 19.5 Å². The molecule has 0 fully saturated rings. The fraction of sp³-hybridized carbons (Fsp3) is 0.647. The van der Waals surface area contributed by atoms with Crippen LogP contribution in [0.2, 0.25) is 0 Å². The van der Waals surface area contributed by atoms with Crippen LogP contribution in [0.5, 0.6) is 0 Å². The zero-order valence-corrected chi connectivity index (χ0v) is 13.2. The second kappa shape index (κ2) is 7.66. The van der Waals surface area contributed by atoms with Crippen molar-refractivity contribution in [2.45, 2.75) is 59.0 Å². The molecule has 2 nitrogen and oxygen atoms in total. The minimum Gasteiger partial charge on any atom is -0.328 e. The highest BCUT2D eigenvalue weighted by atomic mass is 15.1. The first-order valence-corrected chi connectivity index (χ1v) is 7.43. The molecule has 0 aliphatic heterocycles. The van der Waals surface area contributed by atoms with E-state index in [1.165, 1.54) is 23.1 Å². The first-order valence-electron chi connectivity index (χ1n) is 7.43. The highest BCUT2D eigenvalue weighted by Gasteiger charge is 2.07. The molecular formula is C17H30N2. The van der Waals surface area contributed by atoms with E-state index in [9.17, 15) is 0 Å². The van der Waals surface area contributed by atoms with Crippen LogP contribution in [-0.2, 0) is 6.54 Å². The molecule has 0 radical (unpaired) electrons. The van der Waals surface area contributed by atoms with E-state index >= 15 is 0 Å². The molecular weight excluding hydrogens is 232 g/mol. The molecule has 1 atom stereocenters. The molecule has 0 saturated heterocycles. The molecule has 108 valence electrons. The third-order valence-electron chi connectivity index (χ3n) is 3.68. The van der Waals surface area contributed by atoms with Gasteiger partial charge in [0.15, 0.2) is 0 Å². The standard InChI is InChI=1S/C17H30N2/c1-13(2)16-9-8-14(3)17(11-16)12-19(5)10-6-7-15(4)18/h8-9,11,13,15H,6-7,10,12,18H2,1-5H3. The van der Waals surface area contributed by atoms with Crippen LogP contribution in [-0.4, -0.2) is 24.5 Å². The lowest BCUT2D eigenvalue weighted by atomic mass is 9.97. The number of benzene rings is 1. The SMILES string of the molecule is Cc1ccc(C(C)C)cc1CN(C)CCCC(C)N. The molecule has 2 N–H and O–H groups in total. The molecule has 0 aliphatic carbocycles. The van der Waals surface area contributed by atoms with Gasteiger partial charge in [-0.15, -0.1) is 0 Å². The Morgan fingerprint density at radius 3 is 2.47 bits per heavy atom. The van der Waals surface area contributed by atoms with Gasteiger partial charge in [-0.25, -0.2) is 0 Å². The monoisotopic (exact) mass is 262 g/mol. The van der Waals surface area contributed by atoms with Crippen LogP contribution in [0.1, 0.15) is 56.2 Å². The van der Waals surface area contributed by atoms with E-state index in [-0.39, 0.29) is 0 Å². The predicted molar refractivity (Wildman–Crippen MR) is 84.5 cm³/mol. The normalized spacial score (nSPS) is 13.3. The topological polar surface area (TPSA) is 29.3 Å². The molecule has 1 aromatic rings. The Labute approximate surface area is 119 Å². The molecule has 0 heterocycles. The zero-order valence-electron chi connectivity index (χ0n) is 13.2. The van der Waals surface area contributed by atoms with E-state index in [0.29, 0.717) is 12.0 Å². The van der Waals surface area contributed by atoms with E-state index in [1.54, 1.807) is 0 Å². The maximum absolute atomic E-state index is 5.79. The average molecular weight is 262 g/mol. The molecule has 2 heteroatoms. The quantitative estimate of drug-likeness (QED) is 0.812. The lowest BCUT2D eigenvalue weighted by molar-refractivity contribution is 0.314. The van der Waals surface area contributed by atoms with Crippen molar-refractivity contribution in [3.63, 3.8) is 0 Å². The predicted octanol–water partition coefficient (Wildman–Crippen LogP) is 3.68. The molecule has 0 saturated carbocycles. The number of aryl methyl sites for hydroxylation is 1. The van der Waals surface area contributed by atoms with Gasteiger partial charge >= 0.3 is 0 Å². The first-order chi connectivity index (χ1) is 8.90. The summed E-state index contributed by atoms with van der Waals surface area (Å²) in [6.45, 7) is 10.9.